The Bertz CT molecular complexity index is 865. The van der Waals surface area contributed by atoms with Crippen LogP contribution in [0.25, 0.3) is 0 Å². The predicted octanol–water partition coefficient (Wildman–Crippen LogP) is 4.17. The second-order valence-corrected chi connectivity index (χ2v) is 6.95. The number of non-ortho nitro benzene ring substituents is 1. The highest BCUT2D eigenvalue weighted by Gasteiger charge is 2.24. The van der Waals surface area contributed by atoms with Crippen LogP contribution in [0.3, 0.4) is 0 Å². The number of aryl methyl sites for hydroxylation is 1. The molecule has 136 valence electrons. The molecule has 0 saturated carbocycles. The highest BCUT2D eigenvalue weighted by Crippen LogP contribution is 2.30. The van der Waals surface area contributed by atoms with Gasteiger partial charge in [-0.3, -0.25) is 14.9 Å². The quantitative estimate of drug-likeness (QED) is 0.579. The lowest BCUT2D eigenvalue weighted by atomic mass is 10.1. The molecule has 0 radical (unpaired) electrons. The van der Waals surface area contributed by atoms with Crippen molar-refractivity contribution in [2.24, 2.45) is 0 Å². The maximum Gasteiger partial charge on any atom is 0.271 e. The number of hydrogen-bond donors (Lipinski definition) is 0. The van der Waals surface area contributed by atoms with Gasteiger partial charge in [-0.05, 0) is 30.7 Å². The molecule has 3 rings (SSSR count). The number of halogens is 2. The fourth-order valence-corrected chi connectivity index (χ4v) is 3.40. The van der Waals surface area contributed by atoms with Crippen LogP contribution in [0.2, 0.25) is 10.0 Å². The van der Waals surface area contributed by atoms with Crippen molar-refractivity contribution in [3.05, 3.63) is 67.7 Å². The van der Waals surface area contributed by atoms with Crippen LogP contribution in [-0.2, 0) is 0 Å². The molecule has 2 aromatic rings. The summed E-state index contributed by atoms with van der Waals surface area (Å²) >= 11 is 12.3. The molecule has 0 bridgehead atoms. The average molecular weight is 394 g/mol. The Hall–Kier alpha value is -2.31. The van der Waals surface area contributed by atoms with E-state index in [1.54, 1.807) is 23.1 Å². The Morgan fingerprint density at radius 2 is 1.73 bits per heavy atom. The molecule has 2 aromatic carbocycles. The lowest BCUT2D eigenvalue weighted by Gasteiger charge is -2.36. The average Bonchev–Trinajstić information content (AvgIpc) is 2.63. The van der Waals surface area contributed by atoms with Crippen LogP contribution in [0.15, 0.2) is 36.4 Å². The Morgan fingerprint density at radius 1 is 1.04 bits per heavy atom. The Kier molecular flexibility index (Phi) is 5.34. The van der Waals surface area contributed by atoms with Gasteiger partial charge in [-0.25, -0.2) is 0 Å². The smallest absolute Gasteiger partial charge is 0.271 e. The van der Waals surface area contributed by atoms with Crippen LogP contribution in [0, 0.1) is 17.0 Å². The van der Waals surface area contributed by atoms with Gasteiger partial charge in [0.1, 0.15) is 0 Å². The number of nitro benzene ring substituents is 1. The van der Waals surface area contributed by atoms with E-state index in [4.69, 9.17) is 23.2 Å². The van der Waals surface area contributed by atoms with Crippen molar-refractivity contribution in [1.82, 2.24) is 4.90 Å². The van der Waals surface area contributed by atoms with Crippen LogP contribution in [0.1, 0.15) is 15.9 Å². The third kappa shape index (κ3) is 3.76. The molecule has 0 aliphatic carbocycles. The highest BCUT2D eigenvalue weighted by atomic mass is 35.5. The maximum atomic E-state index is 12.6. The van der Waals surface area contributed by atoms with Crippen LogP contribution >= 0.6 is 23.2 Å². The first kappa shape index (κ1) is 18.5. The summed E-state index contributed by atoms with van der Waals surface area (Å²) in [4.78, 5) is 26.8. The van der Waals surface area contributed by atoms with Crippen molar-refractivity contribution in [2.45, 2.75) is 6.92 Å². The van der Waals surface area contributed by atoms with Gasteiger partial charge >= 0.3 is 0 Å². The first-order valence-electron chi connectivity index (χ1n) is 8.11. The zero-order valence-electron chi connectivity index (χ0n) is 14.1. The molecule has 0 unspecified atom stereocenters. The number of nitrogens with zero attached hydrogens (tertiary/aromatic N) is 3. The van der Waals surface area contributed by atoms with E-state index in [0.29, 0.717) is 41.8 Å². The van der Waals surface area contributed by atoms with Gasteiger partial charge in [0.2, 0.25) is 0 Å². The molecule has 1 fully saturated rings. The molecule has 0 aromatic heterocycles. The molecule has 1 aliphatic rings. The fourth-order valence-electron chi connectivity index (χ4n) is 2.92. The summed E-state index contributed by atoms with van der Waals surface area (Å²) in [5.74, 6) is -0.0543. The topological polar surface area (TPSA) is 66.7 Å². The Balaban J connectivity index is 1.68. The van der Waals surface area contributed by atoms with Crippen LogP contribution < -0.4 is 4.90 Å². The summed E-state index contributed by atoms with van der Waals surface area (Å²) in [6.07, 6.45) is 0. The number of piperazine rings is 1. The van der Waals surface area contributed by atoms with E-state index in [1.807, 2.05) is 17.9 Å². The Morgan fingerprint density at radius 3 is 2.31 bits per heavy atom. The first-order chi connectivity index (χ1) is 12.4. The molecule has 1 heterocycles. The van der Waals surface area contributed by atoms with E-state index in [2.05, 4.69) is 0 Å². The Labute approximate surface area is 161 Å². The SMILES string of the molecule is Cc1ccc(C(=O)N2CCN(c3ccc([N+](=O)[O-])cc3Cl)CC2)cc1Cl. The van der Waals surface area contributed by atoms with Gasteiger partial charge in [-0.15, -0.1) is 0 Å². The number of benzene rings is 2. The number of anilines is 1. The van der Waals surface area contributed by atoms with E-state index in [9.17, 15) is 14.9 Å². The number of nitro groups is 1. The normalized spacial score (nSPS) is 14.4. The number of amides is 1. The van der Waals surface area contributed by atoms with E-state index in [0.717, 1.165) is 11.3 Å². The monoisotopic (exact) mass is 393 g/mol. The molecule has 26 heavy (non-hydrogen) atoms. The largest absolute Gasteiger partial charge is 0.367 e. The summed E-state index contributed by atoms with van der Waals surface area (Å²) in [5.41, 5.74) is 2.20. The van der Waals surface area contributed by atoms with Crippen LogP contribution in [0.4, 0.5) is 11.4 Å². The number of carbonyl (C=O) groups is 1. The lowest BCUT2D eigenvalue weighted by molar-refractivity contribution is -0.384. The molecule has 0 N–H and O–H groups in total. The van der Waals surface area contributed by atoms with Gasteiger partial charge < -0.3 is 9.80 Å². The van der Waals surface area contributed by atoms with Crippen molar-refractivity contribution in [3.63, 3.8) is 0 Å². The minimum absolute atomic E-state index is 0.0381. The maximum absolute atomic E-state index is 12.6. The van der Waals surface area contributed by atoms with E-state index in [-0.39, 0.29) is 11.6 Å². The molecular weight excluding hydrogens is 377 g/mol. The molecule has 6 nitrogen and oxygen atoms in total. The minimum atomic E-state index is -0.473. The molecule has 1 saturated heterocycles. The fraction of sp³-hybridized carbons (Fsp3) is 0.278. The van der Waals surface area contributed by atoms with Crippen molar-refractivity contribution in [2.75, 3.05) is 31.1 Å². The third-order valence-electron chi connectivity index (χ3n) is 4.47. The highest BCUT2D eigenvalue weighted by molar-refractivity contribution is 6.33. The molecular formula is C18H17Cl2N3O3. The molecule has 1 amide bonds. The van der Waals surface area contributed by atoms with Gasteiger partial charge in [0.05, 0.1) is 15.6 Å². The van der Waals surface area contributed by atoms with E-state index in [1.165, 1.54) is 12.1 Å². The number of rotatable bonds is 3. The summed E-state index contributed by atoms with van der Waals surface area (Å²) < 4.78 is 0. The summed E-state index contributed by atoms with van der Waals surface area (Å²) in [6.45, 7) is 4.17. The third-order valence-corrected chi connectivity index (χ3v) is 5.18. The van der Waals surface area contributed by atoms with Gasteiger partial charge in [0, 0.05) is 48.9 Å². The van der Waals surface area contributed by atoms with Gasteiger partial charge in [0.25, 0.3) is 11.6 Å². The summed E-state index contributed by atoms with van der Waals surface area (Å²) in [6, 6.07) is 9.75. The second-order valence-electron chi connectivity index (χ2n) is 6.14. The van der Waals surface area contributed by atoms with Crippen LogP contribution in [-0.4, -0.2) is 41.9 Å². The van der Waals surface area contributed by atoms with Gasteiger partial charge in [0.15, 0.2) is 0 Å². The standard InChI is InChI=1S/C18H17Cl2N3O3/c1-12-2-3-13(10-15(12)19)18(24)22-8-6-21(7-9-22)17-5-4-14(23(25)26)11-16(17)20/h2-5,10-11H,6-9H2,1H3. The van der Waals surface area contributed by atoms with Gasteiger partial charge in [-0.1, -0.05) is 29.3 Å². The molecule has 8 heteroatoms. The zero-order chi connectivity index (χ0) is 18.8. The minimum Gasteiger partial charge on any atom is -0.367 e. The zero-order valence-corrected chi connectivity index (χ0v) is 15.6. The second kappa shape index (κ2) is 7.51. The first-order valence-corrected chi connectivity index (χ1v) is 8.86. The predicted molar refractivity (Wildman–Crippen MR) is 102 cm³/mol. The molecule has 0 atom stereocenters. The summed E-state index contributed by atoms with van der Waals surface area (Å²) in [7, 11) is 0. The van der Waals surface area contributed by atoms with Crippen LogP contribution in [0.5, 0.6) is 0 Å². The van der Waals surface area contributed by atoms with Crippen molar-refractivity contribution >= 4 is 40.5 Å². The number of carbonyl (C=O) groups excluding carboxylic acids is 1. The van der Waals surface area contributed by atoms with Crippen molar-refractivity contribution < 1.29 is 9.72 Å². The van der Waals surface area contributed by atoms with Crippen molar-refractivity contribution in [3.8, 4) is 0 Å². The van der Waals surface area contributed by atoms with E-state index >= 15 is 0 Å². The number of hydrogen-bond acceptors (Lipinski definition) is 4. The van der Waals surface area contributed by atoms with Gasteiger partial charge in [-0.2, -0.15) is 0 Å². The lowest BCUT2D eigenvalue weighted by Crippen LogP contribution is -2.48. The molecule has 1 aliphatic heterocycles. The summed E-state index contributed by atoms with van der Waals surface area (Å²) in [5, 5.41) is 11.7. The van der Waals surface area contributed by atoms with Crippen molar-refractivity contribution in [1.29, 1.82) is 0 Å². The molecule has 0 spiro atoms. The van der Waals surface area contributed by atoms with E-state index < -0.39 is 4.92 Å².